The quantitative estimate of drug-likeness (QED) is 0.518. The van der Waals surface area contributed by atoms with Gasteiger partial charge in [0.15, 0.2) is 0 Å². The molecule has 0 aliphatic carbocycles. The number of rotatable bonds is 4. The first-order valence-corrected chi connectivity index (χ1v) is 2.45. The molecule has 0 aromatic carbocycles. The van der Waals surface area contributed by atoms with Gasteiger partial charge in [-0.15, -0.1) is 0 Å². The Hall–Kier alpha value is -0.180. The highest BCUT2D eigenvalue weighted by Gasteiger charge is 1.97. The molecule has 0 atom stereocenters. The van der Waals surface area contributed by atoms with Crippen molar-refractivity contribution in [3.05, 3.63) is 6.42 Å². The van der Waals surface area contributed by atoms with Crippen molar-refractivity contribution in [2.75, 3.05) is 6.61 Å². The molecule has 1 radical (unpaired) electrons. The van der Waals surface area contributed by atoms with Gasteiger partial charge in [0.1, 0.15) is 0 Å². The van der Waals surface area contributed by atoms with Crippen LogP contribution in [0.1, 0.15) is 13.3 Å². The van der Waals surface area contributed by atoms with Gasteiger partial charge in [-0.1, -0.05) is 6.92 Å². The van der Waals surface area contributed by atoms with E-state index in [2.05, 4.69) is 4.74 Å². The Balaban J connectivity index is 2.72. The third-order valence-corrected chi connectivity index (χ3v) is 0.650. The highest BCUT2D eigenvalue weighted by Crippen LogP contribution is 1.95. The van der Waals surface area contributed by atoms with Crippen LogP contribution in [0.2, 0.25) is 0 Å². The number of hydrogen-bond donors (Lipinski definition) is 0. The van der Waals surface area contributed by atoms with E-state index in [4.69, 9.17) is 0 Å². The summed E-state index contributed by atoms with van der Waals surface area (Å²) in [6, 6.07) is 0. The molecule has 0 saturated heterocycles. The molecule has 0 N–H and O–H groups in total. The van der Waals surface area contributed by atoms with Gasteiger partial charge in [0.25, 0.3) is 0 Å². The second-order valence-electron chi connectivity index (χ2n) is 1.33. The number of alkyl halides is 2. The fraction of sp³-hybridized carbons (Fsp3) is 0.800. The first-order valence-electron chi connectivity index (χ1n) is 2.45. The molecule has 0 bridgehead atoms. The van der Waals surface area contributed by atoms with Gasteiger partial charge in [0.05, 0.1) is 6.61 Å². The van der Waals surface area contributed by atoms with Gasteiger partial charge in [0, 0.05) is 0 Å². The lowest BCUT2D eigenvalue weighted by Gasteiger charge is -1.97. The summed E-state index contributed by atoms with van der Waals surface area (Å²) in [6.07, 6.45) is 2.37. The Morgan fingerprint density at radius 1 is 1.62 bits per heavy atom. The van der Waals surface area contributed by atoms with E-state index >= 15 is 0 Å². The van der Waals surface area contributed by atoms with Crippen LogP contribution in [0, 0.1) is 6.42 Å². The summed E-state index contributed by atoms with van der Waals surface area (Å²) in [4.78, 5) is 0. The fourth-order valence-electron chi connectivity index (χ4n) is 0.275. The number of halogens is 2. The van der Waals surface area contributed by atoms with Gasteiger partial charge >= 0.3 is 6.61 Å². The Morgan fingerprint density at radius 3 is 2.62 bits per heavy atom. The molecular formula is C5H9F2O. The Kier molecular flexibility index (Phi) is 4.85. The second-order valence-corrected chi connectivity index (χ2v) is 1.33. The van der Waals surface area contributed by atoms with Gasteiger partial charge in [-0.2, -0.15) is 8.78 Å². The lowest BCUT2D eigenvalue weighted by atomic mass is 10.4. The number of unbranched alkanes of at least 4 members (excludes halogenated alkanes) is 1. The van der Waals surface area contributed by atoms with Crippen LogP contribution in [0.3, 0.4) is 0 Å². The van der Waals surface area contributed by atoms with Crippen LogP contribution in [-0.4, -0.2) is 13.2 Å². The van der Waals surface area contributed by atoms with Gasteiger partial charge in [-0.25, -0.2) is 0 Å². The summed E-state index contributed by atoms with van der Waals surface area (Å²) in [5.41, 5.74) is 0. The zero-order valence-corrected chi connectivity index (χ0v) is 4.73. The molecule has 0 saturated carbocycles. The minimum atomic E-state index is -2.62. The van der Waals surface area contributed by atoms with E-state index < -0.39 is 6.61 Å². The van der Waals surface area contributed by atoms with Crippen molar-refractivity contribution in [3.63, 3.8) is 0 Å². The molecule has 8 heavy (non-hydrogen) atoms. The van der Waals surface area contributed by atoms with E-state index in [1.807, 2.05) is 0 Å². The number of ether oxygens (including phenoxy) is 1. The molecule has 0 aliphatic rings. The maximum Gasteiger partial charge on any atom is 0.345 e. The summed E-state index contributed by atoms with van der Waals surface area (Å²) < 4.78 is 26.2. The van der Waals surface area contributed by atoms with Gasteiger partial charge in [0.2, 0.25) is 0 Å². The van der Waals surface area contributed by atoms with Crippen LogP contribution in [0.4, 0.5) is 8.78 Å². The molecule has 0 amide bonds. The molecule has 0 aliphatic heterocycles. The van der Waals surface area contributed by atoms with Crippen molar-refractivity contribution in [1.29, 1.82) is 0 Å². The van der Waals surface area contributed by atoms with Crippen LogP contribution < -0.4 is 0 Å². The summed E-state index contributed by atoms with van der Waals surface area (Å²) in [7, 11) is 0. The molecule has 49 valence electrons. The maximum absolute atomic E-state index is 11.1. The molecule has 0 rings (SSSR count). The summed E-state index contributed by atoms with van der Waals surface area (Å²) >= 11 is 0. The number of hydrogen-bond acceptors (Lipinski definition) is 1. The van der Waals surface area contributed by atoms with Crippen molar-refractivity contribution in [3.8, 4) is 0 Å². The normalized spacial score (nSPS) is 10.5. The van der Waals surface area contributed by atoms with Crippen LogP contribution >= 0.6 is 0 Å². The first-order chi connectivity index (χ1) is 3.77. The van der Waals surface area contributed by atoms with E-state index in [9.17, 15) is 8.78 Å². The van der Waals surface area contributed by atoms with Crippen molar-refractivity contribution < 1.29 is 13.5 Å². The van der Waals surface area contributed by atoms with Crippen LogP contribution in [-0.2, 0) is 4.74 Å². The highest BCUT2D eigenvalue weighted by molar-refractivity contribution is 4.52. The maximum atomic E-state index is 11.1. The average molecular weight is 123 g/mol. The average Bonchev–Trinajstić information content (AvgIpc) is 1.66. The molecule has 0 aromatic heterocycles. The molecular weight excluding hydrogens is 114 g/mol. The van der Waals surface area contributed by atoms with Gasteiger partial charge in [-0.05, 0) is 12.8 Å². The van der Waals surface area contributed by atoms with Crippen molar-refractivity contribution in [2.45, 2.75) is 20.0 Å². The third kappa shape index (κ3) is 5.82. The van der Waals surface area contributed by atoms with E-state index in [1.54, 1.807) is 13.3 Å². The van der Waals surface area contributed by atoms with Crippen LogP contribution in [0.25, 0.3) is 0 Å². The van der Waals surface area contributed by atoms with Crippen LogP contribution in [0.5, 0.6) is 0 Å². The topological polar surface area (TPSA) is 9.23 Å². The van der Waals surface area contributed by atoms with E-state index in [0.29, 0.717) is 6.42 Å². The van der Waals surface area contributed by atoms with Crippen molar-refractivity contribution >= 4 is 0 Å². The molecule has 0 fully saturated rings. The second kappa shape index (κ2) is 4.97. The zero-order chi connectivity index (χ0) is 6.41. The molecule has 0 unspecified atom stereocenters. The third-order valence-electron chi connectivity index (χ3n) is 0.650. The zero-order valence-electron chi connectivity index (χ0n) is 4.73. The van der Waals surface area contributed by atoms with Crippen LogP contribution in [0.15, 0.2) is 0 Å². The Labute approximate surface area is 47.6 Å². The SMILES string of the molecule is C[CH]CCOC(F)F. The lowest BCUT2D eigenvalue weighted by molar-refractivity contribution is -0.127. The summed E-state index contributed by atoms with van der Waals surface area (Å²) in [6.45, 7) is -0.696. The predicted molar refractivity (Wildman–Crippen MR) is 26.5 cm³/mol. The molecule has 0 heterocycles. The van der Waals surface area contributed by atoms with Crippen molar-refractivity contribution in [2.24, 2.45) is 0 Å². The molecule has 0 spiro atoms. The summed E-state index contributed by atoms with van der Waals surface area (Å²) in [5, 5.41) is 0. The van der Waals surface area contributed by atoms with E-state index in [-0.39, 0.29) is 6.61 Å². The van der Waals surface area contributed by atoms with Crippen molar-refractivity contribution in [1.82, 2.24) is 0 Å². The molecule has 1 nitrogen and oxygen atoms in total. The van der Waals surface area contributed by atoms with E-state index in [1.165, 1.54) is 0 Å². The first kappa shape index (κ1) is 7.82. The fourth-order valence-corrected chi connectivity index (χ4v) is 0.275. The minimum absolute atomic E-state index is 0.119. The monoisotopic (exact) mass is 123 g/mol. The standard InChI is InChI=1S/C5H9F2O/c1-2-3-4-8-5(6)7/h2,5H,3-4H2,1H3. The van der Waals surface area contributed by atoms with Gasteiger partial charge < -0.3 is 4.74 Å². The Morgan fingerprint density at radius 2 is 2.25 bits per heavy atom. The Bertz CT molecular complexity index is 47.7. The summed E-state index contributed by atoms with van der Waals surface area (Å²) in [5.74, 6) is 0. The smallest absolute Gasteiger partial charge is 0.323 e. The lowest BCUT2D eigenvalue weighted by Crippen LogP contribution is -1.99. The predicted octanol–water partition coefficient (Wildman–Crippen LogP) is 1.84. The minimum Gasteiger partial charge on any atom is -0.323 e. The molecule has 0 aromatic rings. The largest absolute Gasteiger partial charge is 0.345 e. The highest BCUT2D eigenvalue weighted by atomic mass is 19.3. The van der Waals surface area contributed by atoms with E-state index in [0.717, 1.165) is 0 Å². The molecule has 3 heteroatoms. The van der Waals surface area contributed by atoms with Gasteiger partial charge in [-0.3, -0.25) is 0 Å².